The van der Waals surface area contributed by atoms with Gasteiger partial charge >= 0.3 is 0 Å². The summed E-state index contributed by atoms with van der Waals surface area (Å²) < 4.78 is 11.1. The number of aryl methyl sites for hydroxylation is 2. The summed E-state index contributed by atoms with van der Waals surface area (Å²) in [5, 5.41) is 2.90. The molecule has 0 saturated heterocycles. The minimum absolute atomic E-state index is 0.183. The summed E-state index contributed by atoms with van der Waals surface area (Å²) in [6.45, 7) is 5.90. The number of anilines is 1. The van der Waals surface area contributed by atoms with Gasteiger partial charge in [0, 0.05) is 0 Å². The zero-order valence-corrected chi connectivity index (χ0v) is 14.1. The molecule has 2 aromatic carbocycles. The van der Waals surface area contributed by atoms with Crippen molar-refractivity contribution in [1.29, 1.82) is 0 Å². The second kappa shape index (κ2) is 7.68. The number of methoxy groups -OCH3 is 1. The Kier molecular flexibility index (Phi) is 5.63. The second-order valence-corrected chi connectivity index (χ2v) is 5.52. The summed E-state index contributed by atoms with van der Waals surface area (Å²) in [5.74, 6) is 1.14. The van der Waals surface area contributed by atoms with E-state index in [1.54, 1.807) is 7.11 Å². The van der Waals surface area contributed by atoms with Gasteiger partial charge in [-0.05, 0) is 50.1 Å². The number of amides is 1. The zero-order chi connectivity index (χ0) is 16.8. The minimum Gasteiger partial charge on any atom is -0.495 e. The zero-order valence-electron chi connectivity index (χ0n) is 14.1. The van der Waals surface area contributed by atoms with Crippen LogP contribution in [-0.4, -0.2) is 19.1 Å². The highest BCUT2D eigenvalue weighted by atomic mass is 16.5. The molecule has 0 bridgehead atoms. The number of hydrogen-bond donors (Lipinski definition) is 1. The van der Waals surface area contributed by atoms with Gasteiger partial charge in [-0.1, -0.05) is 30.7 Å². The van der Waals surface area contributed by atoms with Crippen molar-refractivity contribution in [1.82, 2.24) is 0 Å². The van der Waals surface area contributed by atoms with E-state index in [-0.39, 0.29) is 5.91 Å². The molecule has 0 spiro atoms. The molecule has 122 valence electrons. The van der Waals surface area contributed by atoms with Crippen LogP contribution in [0.3, 0.4) is 0 Å². The molecule has 2 aromatic rings. The molecule has 1 N–H and O–H groups in total. The van der Waals surface area contributed by atoms with Crippen LogP contribution in [0.5, 0.6) is 11.5 Å². The summed E-state index contributed by atoms with van der Waals surface area (Å²) in [5.41, 5.74) is 2.86. The molecular weight excluding hydrogens is 290 g/mol. The van der Waals surface area contributed by atoms with E-state index in [2.05, 4.69) is 5.32 Å². The summed E-state index contributed by atoms with van der Waals surface area (Å²) in [4.78, 5) is 12.5. The molecule has 4 heteroatoms. The third-order valence-corrected chi connectivity index (χ3v) is 3.58. The van der Waals surface area contributed by atoms with Crippen LogP contribution in [0.1, 0.15) is 24.5 Å². The topological polar surface area (TPSA) is 47.6 Å². The highest BCUT2D eigenvalue weighted by Crippen LogP contribution is 2.26. The first-order chi connectivity index (χ1) is 11.0. The average molecular weight is 313 g/mol. The Labute approximate surface area is 137 Å². The Morgan fingerprint density at radius 2 is 1.74 bits per heavy atom. The third kappa shape index (κ3) is 4.49. The number of nitrogens with one attached hydrogen (secondary N) is 1. The van der Waals surface area contributed by atoms with E-state index >= 15 is 0 Å². The van der Waals surface area contributed by atoms with Crippen LogP contribution in [0.2, 0.25) is 0 Å². The van der Waals surface area contributed by atoms with E-state index in [1.807, 2.05) is 63.2 Å². The number of carbonyl (C=O) groups is 1. The van der Waals surface area contributed by atoms with Gasteiger partial charge in [-0.15, -0.1) is 0 Å². The van der Waals surface area contributed by atoms with Crippen LogP contribution >= 0.6 is 0 Å². The summed E-state index contributed by atoms with van der Waals surface area (Å²) in [7, 11) is 1.58. The van der Waals surface area contributed by atoms with E-state index < -0.39 is 6.10 Å². The second-order valence-electron chi connectivity index (χ2n) is 5.52. The van der Waals surface area contributed by atoms with Gasteiger partial charge in [0.25, 0.3) is 5.91 Å². The van der Waals surface area contributed by atoms with Gasteiger partial charge in [-0.25, -0.2) is 0 Å². The van der Waals surface area contributed by atoms with Crippen LogP contribution in [0.4, 0.5) is 5.69 Å². The monoisotopic (exact) mass is 313 g/mol. The Bertz CT molecular complexity index is 665. The van der Waals surface area contributed by atoms with Crippen LogP contribution in [0.25, 0.3) is 0 Å². The molecule has 23 heavy (non-hydrogen) atoms. The quantitative estimate of drug-likeness (QED) is 0.873. The third-order valence-electron chi connectivity index (χ3n) is 3.58. The molecule has 0 aliphatic rings. The molecule has 0 aliphatic heterocycles. The highest BCUT2D eigenvalue weighted by molar-refractivity contribution is 5.95. The molecule has 1 amide bonds. The van der Waals surface area contributed by atoms with Crippen LogP contribution in [0.15, 0.2) is 42.5 Å². The van der Waals surface area contributed by atoms with Gasteiger partial charge in [0.2, 0.25) is 0 Å². The Morgan fingerprint density at radius 1 is 1.09 bits per heavy atom. The fourth-order valence-electron chi connectivity index (χ4n) is 2.24. The summed E-state index contributed by atoms with van der Waals surface area (Å²) in [6.07, 6.45) is 0.0244. The van der Waals surface area contributed by atoms with Crippen molar-refractivity contribution >= 4 is 11.6 Å². The van der Waals surface area contributed by atoms with Crippen LogP contribution < -0.4 is 14.8 Å². The summed E-state index contributed by atoms with van der Waals surface area (Å²) in [6, 6.07) is 13.3. The molecule has 0 radical (unpaired) electrons. The lowest BCUT2D eigenvalue weighted by Crippen LogP contribution is -2.32. The number of rotatable bonds is 6. The van der Waals surface area contributed by atoms with E-state index in [9.17, 15) is 4.79 Å². The molecule has 0 heterocycles. The number of hydrogen-bond acceptors (Lipinski definition) is 3. The van der Waals surface area contributed by atoms with E-state index in [1.165, 1.54) is 0 Å². The van der Waals surface area contributed by atoms with Crippen molar-refractivity contribution in [3.63, 3.8) is 0 Å². The summed E-state index contributed by atoms with van der Waals surface area (Å²) >= 11 is 0. The molecule has 0 saturated carbocycles. The van der Waals surface area contributed by atoms with Crippen LogP contribution in [0, 0.1) is 13.8 Å². The minimum atomic E-state index is -0.553. The lowest BCUT2D eigenvalue weighted by atomic mass is 10.2. The van der Waals surface area contributed by atoms with Gasteiger partial charge in [0.15, 0.2) is 6.10 Å². The SMILES string of the molecule is CC[C@@H](Oc1ccc(C)cc1)C(=O)Nc1cc(C)ccc1OC. The van der Waals surface area contributed by atoms with Crippen molar-refractivity contribution in [2.24, 2.45) is 0 Å². The Hall–Kier alpha value is -2.49. The predicted octanol–water partition coefficient (Wildman–Crippen LogP) is 4.11. The standard InChI is InChI=1S/C19H23NO3/c1-5-17(23-15-9-6-13(2)7-10-15)19(21)20-16-12-14(3)8-11-18(16)22-4/h6-12,17H,5H2,1-4H3,(H,20,21)/t17-/m1/s1. The first kappa shape index (κ1) is 16.9. The van der Waals surface area contributed by atoms with E-state index in [0.717, 1.165) is 11.1 Å². The maximum Gasteiger partial charge on any atom is 0.265 e. The molecule has 0 fully saturated rings. The number of ether oxygens (including phenoxy) is 2. The number of carbonyl (C=O) groups excluding carboxylic acids is 1. The maximum absolute atomic E-state index is 12.5. The van der Waals surface area contributed by atoms with Gasteiger partial charge in [-0.3, -0.25) is 4.79 Å². The lowest BCUT2D eigenvalue weighted by molar-refractivity contribution is -0.122. The van der Waals surface area contributed by atoms with Gasteiger partial charge in [0.05, 0.1) is 12.8 Å². The smallest absolute Gasteiger partial charge is 0.265 e. The first-order valence-electron chi connectivity index (χ1n) is 7.72. The normalized spacial score (nSPS) is 11.7. The first-order valence-corrected chi connectivity index (χ1v) is 7.72. The van der Waals surface area contributed by atoms with Crippen molar-refractivity contribution in [3.8, 4) is 11.5 Å². The maximum atomic E-state index is 12.5. The Balaban J connectivity index is 2.11. The van der Waals surface area contributed by atoms with Gasteiger partial charge in [0.1, 0.15) is 11.5 Å². The van der Waals surface area contributed by atoms with Crippen molar-refractivity contribution in [3.05, 3.63) is 53.6 Å². The van der Waals surface area contributed by atoms with Crippen molar-refractivity contribution in [2.45, 2.75) is 33.3 Å². The molecule has 2 rings (SSSR count). The average Bonchev–Trinajstić information content (AvgIpc) is 2.54. The fraction of sp³-hybridized carbons (Fsp3) is 0.316. The van der Waals surface area contributed by atoms with Gasteiger partial charge in [-0.2, -0.15) is 0 Å². The number of benzene rings is 2. The molecule has 4 nitrogen and oxygen atoms in total. The fourth-order valence-corrected chi connectivity index (χ4v) is 2.24. The predicted molar refractivity (Wildman–Crippen MR) is 92.2 cm³/mol. The lowest BCUT2D eigenvalue weighted by Gasteiger charge is -2.18. The molecular formula is C19H23NO3. The highest BCUT2D eigenvalue weighted by Gasteiger charge is 2.20. The van der Waals surface area contributed by atoms with E-state index in [0.29, 0.717) is 23.6 Å². The van der Waals surface area contributed by atoms with E-state index in [4.69, 9.17) is 9.47 Å². The Morgan fingerprint density at radius 3 is 2.35 bits per heavy atom. The molecule has 0 aromatic heterocycles. The molecule has 1 atom stereocenters. The van der Waals surface area contributed by atoms with Gasteiger partial charge < -0.3 is 14.8 Å². The largest absolute Gasteiger partial charge is 0.495 e. The molecule has 0 unspecified atom stereocenters. The van der Waals surface area contributed by atoms with Crippen molar-refractivity contribution < 1.29 is 14.3 Å². The molecule has 0 aliphatic carbocycles. The van der Waals surface area contributed by atoms with Crippen molar-refractivity contribution in [2.75, 3.05) is 12.4 Å². The van der Waals surface area contributed by atoms with Crippen LogP contribution in [-0.2, 0) is 4.79 Å².